The Morgan fingerprint density at radius 3 is 2.00 bits per heavy atom. The summed E-state index contributed by atoms with van der Waals surface area (Å²) in [5.41, 5.74) is 4.01. The monoisotopic (exact) mass is 523 g/mol. The van der Waals surface area contributed by atoms with Crippen LogP contribution in [0.1, 0.15) is 16.7 Å². The average Bonchev–Trinajstić information content (AvgIpc) is 2.86. The van der Waals surface area contributed by atoms with E-state index in [9.17, 15) is 13.9 Å². The zero-order valence-electron chi connectivity index (χ0n) is 18.6. The van der Waals surface area contributed by atoms with Crippen LogP contribution in [0.25, 0.3) is 5.76 Å². The summed E-state index contributed by atoms with van der Waals surface area (Å²) in [6.07, 6.45) is 0. The lowest BCUT2D eigenvalue weighted by Gasteiger charge is -2.20. The lowest BCUT2D eigenvalue weighted by molar-refractivity contribution is 0.506. The highest BCUT2D eigenvalue weighted by Crippen LogP contribution is 2.32. The molecule has 35 heavy (non-hydrogen) atoms. The van der Waals surface area contributed by atoms with E-state index < -0.39 is 11.6 Å². The van der Waals surface area contributed by atoms with E-state index in [1.165, 1.54) is 17.8 Å². The van der Waals surface area contributed by atoms with Crippen molar-refractivity contribution >= 4 is 57.6 Å². The molecule has 4 aromatic carbocycles. The fraction of sp³-hybridized carbons (Fsp3) is 0.0357. The number of aliphatic hydroxyl groups excluding tert-OH is 1. The molecule has 1 N–H and O–H groups in total. The minimum Gasteiger partial charge on any atom is -0.508 e. The van der Waals surface area contributed by atoms with Gasteiger partial charge in [-0.25, -0.2) is 8.78 Å². The summed E-state index contributed by atoms with van der Waals surface area (Å²) in [6, 6.07) is 24.5. The lowest BCUT2D eigenvalue weighted by atomic mass is 10.0. The number of halogens is 3. The second-order valence-corrected chi connectivity index (χ2v) is 9.77. The van der Waals surface area contributed by atoms with Crippen molar-refractivity contribution in [3.8, 4) is 0 Å². The molecule has 0 amide bonds. The Kier molecular flexibility index (Phi) is 7.55. The topological polar surface area (TPSA) is 23.5 Å². The van der Waals surface area contributed by atoms with Crippen LogP contribution in [0.4, 0.5) is 20.2 Å². The molecule has 4 aromatic rings. The smallest absolute Gasteiger partial charge is 0.159 e. The number of hydrogen-bond donors (Lipinski definition) is 1. The number of rotatable bonds is 7. The molecular weight excluding hydrogens is 504 g/mol. The van der Waals surface area contributed by atoms with Crippen LogP contribution in [0.3, 0.4) is 0 Å². The van der Waals surface area contributed by atoms with Crippen molar-refractivity contribution in [2.45, 2.75) is 9.79 Å². The number of benzene rings is 4. The van der Waals surface area contributed by atoms with Crippen LogP contribution in [0.15, 0.2) is 101 Å². The van der Waals surface area contributed by atoms with Gasteiger partial charge in [0.05, 0.1) is 4.86 Å². The number of anilines is 2. The highest BCUT2D eigenvalue weighted by molar-refractivity contribution is 7.99. The zero-order valence-corrected chi connectivity index (χ0v) is 21.0. The molecule has 0 aliphatic heterocycles. The molecule has 0 radical (unpaired) electrons. The van der Waals surface area contributed by atoms with E-state index in [-0.39, 0.29) is 5.76 Å². The first-order chi connectivity index (χ1) is 16.7. The third kappa shape index (κ3) is 5.90. The molecule has 0 fully saturated rings. The summed E-state index contributed by atoms with van der Waals surface area (Å²) >= 11 is 13.0. The number of thiocarbonyl (C=S) groups is 1. The predicted molar refractivity (Wildman–Crippen MR) is 145 cm³/mol. The highest BCUT2D eigenvalue weighted by atomic mass is 35.5. The maximum atomic E-state index is 13.7. The molecule has 7 heteroatoms. The Hall–Kier alpha value is -3.19. The van der Waals surface area contributed by atoms with Gasteiger partial charge in [0, 0.05) is 38.8 Å². The van der Waals surface area contributed by atoms with Crippen LogP contribution in [0.5, 0.6) is 0 Å². The molecule has 0 atom stereocenters. The first-order valence-corrected chi connectivity index (χ1v) is 12.1. The molecule has 0 aliphatic rings. The van der Waals surface area contributed by atoms with Crippen molar-refractivity contribution in [1.29, 1.82) is 0 Å². The molecule has 0 aromatic heterocycles. The van der Waals surface area contributed by atoms with Gasteiger partial charge >= 0.3 is 0 Å². The Labute approximate surface area is 217 Å². The molecule has 0 aliphatic carbocycles. The van der Waals surface area contributed by atoms with Gasteiger partial charge in [0.2, 0.25) is 0 Å². The standard InChI is InChI=1S/C28H20ClF2NOS2/c1-17(33)19-13-20(15-25(14-19)35-24-11-12-26(30)27(31)16-24)28(34)18-3-7-22(8-4-18)32(2)23-9-5-21(29)6-10-23/h3-16,33H,1H2,2H3. The van der Waals surface area contributed by atoms with E-state index in [4.69, 9.17) is 23.8 Å². The maximum absolute atomic E-state index is 13.7. The fourth-order valence-corrected chi connectivity index (χ4v) is 4.77. The number of hydrogen-bond acceptors (Lipinski definition) is 4. The van der Waals surface area contributed by atoms with Gasteiger partial charge in [-0.3, -0.25) is 0 Å². The van der Waals surface area contributed by atoms with Crippen LogP contribution >= 0.6 is 35.6 Å². The van der Waals surface area contributed by atoms with Crippen molar-refractivity contribution < 1.29 is 13.9 Å². The van der Waals surface area contributed by atoms with Gasteiger partial charge in [-0.2, -0.15) is 0 Å². The molecule has 4 rings (SSSR count). The van der Waals surface area contributed by atoms with Crippen LogP contribution in [-0.2, 0) is 0 Å². The van der Waals surface area contributed by atoms with Crippen LogP contribution in [0, 0.1) is 11.6 Å². The molecule has 0 saturated carbocycles. The molecule has 0 spiro atoms. The van der Waals surface area contributed by atoms with Gasteiger partial charge in [-0.1, -0.05) is 54.3 Å². The molecule has 0 saturated heterocycles. The van der Waals surface area contributed by atoms with Crippen molar-refractivity contribution in [3.05, 3.63) is 125 Å². The second-order valence-electron chi connectivity index (χ2n) is 7.78. The summed E-state index contributed by atoms with van der Waals surface area (Å²) in [5, 5.41) is 10.7. The average molecular weight is 524 g/mol. The summed E-state index contributed by atoms with van der Waals surface area (Å²) in [4.78, 5) is 3.85. The summed E-state index contributed by atoms with van der Waals surface area (Å²) in [6.45, 7) is 3.62. The largest absolute Gasteiger partial charge is 0.508 e. The minimum atomic E-state index is -0.919. The van der Waals surface area contributed by atoms with E-state index in [1.807, 2.05) is 66.5 Å². The first-order valence-electron chi connectivity index (χ1n) is 10.5. The number of aliphatic hydroxyl groups is 1. The normalized spacial score (nSPS) is 10.7. The van der Waals surface area contributed by atoms with Gasteiger partial charge in [0.15, 0.2) is 11.6 Å². The van der Waals surface area contributed by atoms with Gasteiger partial charge in [0.25, 0.3) is 0 Å². The van der Waals surface area contributed by atoms with Crippen molar-refractivity contribution in [2.75, 3.05) is 11.9 Å². The molecular formula is C28H20ClF2NOS2. The van der Waals surface area contributed by atoms with Crippen LogP contribution < -0.4 is 4.90 Å². The second kappa shape index (κ2) is 10.6. The third-order valence-corrected chi connectivity index (χ3v) is 7.04. The summed E-state index contributed by atoms with van der Waals surface area (Å²) in [5.74, 6) is -1.93. The molecule has 0 bridgehead atoms. The van der Waals surface area contributed by atoms with Crippen molar-refractivity contribution in [1.82, 2.24) is 0 Å². The van der Waals surface area contributed by atoms with Gasteiger partial charge in [0.1, 0.15) is 5.76 Å². The fourth-order valence-electron chi connectivity index (χ4n) is 3.45. The quantitative estimate of drug-likeness (QED) is 0.148. The van der Waals surface area contributed by atoms with Crippen molar-refractivity contribution in [3.63, 3.8) is 0 Å². The summed E-state index contributed by atoms with van der Waals surface area (Å²) < 4.78 is 27.0. The zero-order chi connectivity index (χ0) is 25.1. The third-order valence-electron chi connectivity index (χ3n) is 5.36. The van der Waals surface area contributed by atoms with E-state index in [1.54, 1.807) is 12.1 Å². The first kappa shape index (κ1) is 24.9. The Morgan fingerprint density at radius 2 is 1.40 bits per heavy atom. The predicted octanol–water partition coefficient (Wildman–Crippen LogP) is 8.83. The maximum Gasteiger partial charge on any atom is 0.159 e. The van der Waals surface area contributed by atoms with Crippen LogP contribution in [-0.4, -0.2) is 17.0 Å². The Bertz CT molecular complexity index is 1410. The molecule has 0 unspecified atom stereocenters. The highest BCUT2D eigenvalue weighted by Gasteiger charge is 2.12. The van der Waals surface area contributed by atoms with E-state index >= 15 is 0 Å². The van der Waals surface area contributed by atoms with Gasteiger partial charge in [-0.05, 0) is 83.9 Å². The van der Waals surface area contributed by atoms with E-state index in [2.05, 4.69) is 6.58 Å². The van der Waals surface area contributed by atoms with Crippen molar-refractivity contribution in [2.24, 2.45) is 0 Å². The molecule has 176 valence electrons. The van der Waals surface area contributed by atoms with Gasteiger partial charge < -0.3 is 10.0 Å². The van der Waals surface area contributed by atoms with Crippen LogP contribution in [0.2, 0.25) is 5.02 Å². The van der Waals surface area contributed by atoms with E-state index in [0.29, 0.717) is 30.8 Å². The minimum absolute atomic E-state index is 0.110. The number of nitrogens with zero attached hydrogens (tertiary/aromatic N) is 1. The lowest BCUT2D eigenvalue weighted by Crippen LogP contribution is -2.09. The van der Waals surface area contributed by atoms with Gasteiger partial charge in [-0.15, -0.1) is 0 Å². The summed E-state index contributed by atoms with van der Waals surface area (Å²) in [7, 11) is 1.97. The van der Waals surface area contributed by atoms with E-state index in [0.717, 1.165) is 29.1 Å². The SMILES string of the molecule is C=C(O)c1cc(Sc2ccc(F)c(F)c2)cc(C(=S)c2ccc(N(C)c3ccc(Cl)cc3)cc2)c1. The molecule has 0 heterocycles. The Balaban J connectivity index is 1.61. The molecule has 2 nitrogen and oxygen atoms in total. The Morgan fingerprint density at radius 1 is 0.800 bits per heavy atom.